The first-order chi connectivity index (χ1) is 20.5. The van der Waals surface area contributed by atoms with Gasteiger partial charge in [0, 0.05) is 61.6 Å². The molecule has 5 aromatic rings. The number of carbonyl (C=O) groups is 3. The zero-order valence-corrected chi connectivity index (χ0v) is 24.0. The van der Waals surface area contributed by atoms with Crippen molar-refractivity contribution in [3.8, 4) is 10.4 Å². The van der Waals surface area contributed by atoms with Crippen LogP contribution < -0.4 is 10.2 Å². The number of rotatable bonds is 9. The summed E-state index contributed by atoms with van der Waals surface area (Å²) in [6.07, 6.45) is 5.68. The number of aryl methyl sites for hydroxylation is 1. The summed E-state index contributed by atoms with van der Waals surface area (Å²) in [7, 11) is 1.74. The van der Waals surface area contributed by atoms with Crippen LogP contribution in [0.4, 0.5) is 11.6 Å². The maximum atomic E-state index is 13.4. The van der Waals surface area contributed by atoms with Crippen molar-refractivity contribution < 1.29 is 14.4 Å². The molecule has 1 fully saturated rings. The number of imidazole rings is 1. The van der Waals surface area contributed by atoms with E-state index in [9.17, 15) is 14.4 Å². The normalized spacial score (nSPS) is 13.1. The highest BCUT2D eigenvalue weighted by Gasteiger charge is 2.21. The van der Waals surface area contributed by atoms with Gasteiger partial charge in [-0.25, -0.2) is 4.98 Å². The van der Waals surface area contributed by atoms with Crippen LogP contribution in [0.5, 0.6) is 0 Å². The molecule has 6 rings (SSSR count). The van der Waals surface area contributed by atoms with Crippen LogP contribution in [0, 0.1) is 0 Å². The van der Waals surface area contributed by atoms with Gasteiger partial charge >= 0.3 is 0 Å². The molecule has 3 amide bonds. The molecular weight excluding hydrogens is 548 g/mol. The topological polar surface area (TPSA) is 100 Å². The van der Waals surface area contributed by atoms with Crippen LogP contribution in [0.2, 0.25) is 0 Å². The van der Waals surface area contributed by atoms with Gasteiger partial charge in [-0.1, -0.05) is 18.2 Å². The van der Waals surface area contributed by atoms with Crippen molar-refractivity contribution in [3.63, 3.8) is 0 Å². The first-order valence-corrected chi connectivity index (χ1v) is 14.7. The molecule has 0 unspecified atom stereocenters. The standard InChI is InChI=1S/C32H30N6O3S/c1-36(31(41)23-7-3-2-4-8-23)24-10-11-26-25(21-24)34-32(38(26)20-6-19-37-18-5-9-29(37)39)35-30(40)28-13-12-27(42-28)22-14-16-33-17-15-22/h2-4,7-8,10-17,21H,5-6,9,18-20H2,1H3,(H,34,35,40). The molecule has 3 aromatic heterocycles. The molecule has 1 N–H and O–H groups in total. The first-order valence-electron chi connectivity index (χ1n) is 13.9. The third-order valence-corrected chi connectivity index (χ3v) is 8.58. The van der Waals surface area contributed by atoms with Crippen LogP contribution in [0.3, 0.4) is 0 Å². The summed E-state index contributed by atoms with van der Waals surface area (Å²) in [5.41, 5.74) is 3.79. The predicted octanol–water partition coefficient (Wildman–Crippen LogP) is 5.70. The second-order valence-corrected chi connectivity index (χ2v) is 11.3. The molecule has 2 aromatic carbocycles. The number of hydrogen-bond acceptors (Lipinski definition) is 6. The average Bonchev–Trinajstić information content (AvgIpc) is 3.76. The maximum Gasteiger partial charge on any atom is 0.268 e. The fourth-order valence-electron chi connectivity index (χ4n) is 5.19. The molecule has 0 spiro atoms. The number of thiophene rings is 1. The van der Waals surface area contributed by atoms with Crippen molar-refractivity contribution in [2.75, 3.05) is 30.4 Å². The molecule has 42 heavy (non-hydrogen) atoms. The van der Waals surface area contributed by atoms with Crippen molar-refractivity contribution in [3.05, 3.63) is 95.6 Å². The Morgan fingerprint density at radius 3 is 2.57 bits per heavy atom. The largest absolute Gasteiger partial charge is 0.343 e. The van der Waals surface area contributed by atoms with Crippen molar-refractivity contribution in [1.82, 2.24) is 19.4 Å². The van der Waals surface area contributed by atoms with Gasteiger partial charge in [-0.2, -0.15) is 0 Å². The minimum Gasteiger partial charge on any atom is -0.343 e. The molecule has 0 aliphatic carbocycles. The lowest BCUT2D eigenvalue weighted by atomic mass is 10.2. The first kappa shape index (κ1) is 27.3. The summed E-state index contributed by atoms with van der Waals surface area (Å²) in [5, 5.41) is 3.02. The van der Waals surface area contributed by atoms with Crippen molar-refractivity contribution in [1.29, 1.82) is 0 Å². The van der Waals surface area contributed by atoms with Crippen molar-refractivity contribution in [2.45, 2.75) is 25.8 Å². The number of nitrogens with one attached hydrogen (secondary N) is 1. The van der Waals surface area contributed by atoms with Gasteiger partial charge in [0.1, 0.15) is 0 Å². The van der Waals surface area contributed by atoms with Crippen molar-refractivity contribution in [2.24, 2.45) is 0 Å². The van der Waals surface area contributed by atoms with Crippen LogP contribution in [0.15, 0.2) is 85.2 Å². The lowest BCUT2D eigenvalue weighted by Crippen LogP contribution is -2.26. The van der Waals surface area contributed by atoms with E-state index in [0.717, 1.165) is 35.3 Å². The van der Waals surface area contributed by atoms with E-state index in [-0.39, 0.29) is 17.7 Å². The van der Waals surface area contributed by atoms with Crippen LogP contribution in [-0.2, 0) is 11.3 Å². The minimum absolute atomic E-state index is 0.124. The number of anilines is 2. The number of carbonyl (C=O) groups excluding carboxylic acids is 3. The van der Waals surface area contributed by atoms with Gasteiger partial charge in [0.25, 0.3) is 11.8 Å². The molecule has 212 valence electrons. The molecule has 0 bridgehead atoms. The highest BCUT2D eigenvalue weighted by atomic mass is 32.1. The van der Waals surface area contributed by atoms with Crippen LogP contribution in [-0.4, -0.2) is 57.3 Å². The lowest BCUT2D eigenvalue weighted by molar-refractivity contribution is -0.127. The third-order valence-electron chi connectivity index (χ3n) is 7.45. The van der Waals surface area contributed by atoms with Gasteiger partial charge in [0.05, 0.1) is 15.9 Å². The molecule has 1 aliphatic heterocycles. The van der Waals surface area contributed by atoms with Gasteiger partial charge in [-0.05, 0) is 73.0 Å². The number of likely N-dealkylation sites (tertiary alicyclic amines) is 1. The number of nitrogens with zero attached hydrogens (tertiary/aromatic N) is 5. The molecule has 9 nitrogen and oxygen atoms in total. The zero-order chi connectivity index (χ0) is 29.1. The van der Waals surface area contributed by atoms with E-state index in [4.69, 9.17) is 4.98 Å². The fraction of sp³-hybridized carbons (Fsp3) is 0.219. The monoisotopic (exact) mass is 578 g/mol. The summed E-state index contributed by atoms with van der Waals surface area (Å²) in [6, 6.07) is 22.4. The van der Waals surface area contributed by atoms with E-state index < -0.39 is 0 Å². The number of fused-ring (bicyclic) bond motifs is 1. The summed E-state index contributed by atoms with van der Waals surface area (Å²) in [6.45, 7) is 2.01. The molecule has 4 heterocycles. The third kappa shape index (κ3) is 5.66. The number of aromatic nitrogens is 3. The predicted molar refractivity (Wildman–Crippen MR) is 165 cm³/mol. The molecule has 0 radical (unpaired) electrons. The van der Waals surface area contributed by atoms with E-state index in [2.05, 4.69) is 10.3 Å². The minimum atomic E-state index is -0.247. The summed E-state index contributed by atoms with van der Waals surface area (Å²) in [5.74, 6) is 0.248. The van der Waals surface area contributed by atoms with E-state index in [1.165, 1.54) is 11.3 Å². The Bertz CT molecular complexity index is 1750. The van der Waals surface area contributed by atoms with E-state index in [1.807, 2.05) is 70.1 Å². The smallest absolute Gasteiger partial charge is 0.268 e. The number of pyridine rings is 1. The Balaban J connectivity index is 1.27. The summed E-state index contributed by atoms with van der Waals surface area (Å²) < 4.78 is 1.98. The molecule has 10 heteroatoms. The molecule has 0 atom stereocenters. The maximum absolute atomic E-state index is 13.4. The molecule has 1 saturated heterocycles. The second-order valence-electron chi connectivity index (χ2n) is 10.2. The quantitative estimate of drug-likeness (QED) is 0.242. The number of hydrogen-bond donors (Lipinski definition) is 1. The number of amides is 3. The van der Waals surface area contributed by atoms with Gasteiger partial charge < -0.3 is 14.4 Å². The zero-order valence-electron chi connectivity index (χ0n) is 23.2. The fourth-order valence-corrected chi connectivity index (χ4v) is 6.10. The Hall–Kier alpha value is -4.83. The average molecular weight is 579 g/mol. The lowest BCUT2D eigenvalue weighted by Gasteiger charge is -2.18. The molecule has 1 aliphatic rings. The van der Waals surface area contributed by atoms with Crippen LogP contribution >= 0.6 is 11.3 Å². The Labute approximate surface area is 247 Å². The second kappa shape index (κ2) is 12.0. The van der Waals surface area contributed by atoms with Crippen LogP contribution in [0.25, 0.3) is 21.5 Å². The van der Waals surface area contributed by atoms with Gasteiger partial charge in [-0.3, -0.25) is 24.7 Å². The van der Waals surface area contributed by atoms with E-state index in [0.29, 0.717) is 47.1 Å². The van der Waals surface area contributed by atoms with E-state index in [1.54, 1.807) is 36.5 Å². The highest BCUT2D eigenvalue weighted by molar-refractivity contribution is 7.17. The number of benzene rings is 2. The van der Waals surface area contributed by atoms with Gasteiger partial charge in [0.2, 0.25) is 11.9 Å². The molecule has 0 saturated carbocycles. The Kier molecular flexibility index (Phi) is 7.78. The molecular formula is C32H30N6O3S. The van der Waals surface area contributed by atoms with Crippen molar-refractivity contribution >= 4 is 51.7 Å². The summed E-state index contributed by atoms with van der Waals surface area (Å²) >= 11 is 1.40. The van der Waals surface area contributed by atoms with Gasteiger partial charge in [0.15, 0.2) is 0 Å². The Morgan fingerprint density at radius 1 is 1.00 bits per heavy atom. The van der Waals surface area contributed by atoms with E-state index >= 15 is 0 Å². The van der Waals surface area contributed by atoms with Crippen LogP contribution in [0.1, 0.15) is 39.3 Å². The highest BCUT2D eigenvalue weighted by Crippen LogP contribution is 2.30. The Morgan fingerprint density at radius 2 is 1.81 bits per heavy atom. The summed E-state index contributed by atoms with van der Waals surface area (Å²) in [4.78, 5) is 52.4. The SMILES string of the molecule is CN(C(=O)c1ccccc1)c1ccc2c(c1)nc(NC(=O)c1ccc(-c3ccncc3)s1)n2CCCN1CCCC1=O. The van der Waals surface area contributed by atoms with Gasteiger partial charge in [-0.15, -0.1) is 11.3 Å².